The van der Waals surface area contributed by atoms with Gasteiger partial charge in [-0.1, -0.05) is 477 Å². The van der Waals surface area contributed by atoms with E-state index in [0.29, 0.717) is 31.8 Å². The first-order chi connectivity index (χ1) is 59.8. The normalized spacial score (nSPS) is 9.85. The zero-order valence-corrected chi connectivity index (χ0v) is 77.6. The summed E-state index contributed by atoms with van der Waals surface area (Å²) in [6, 6.07) is 164. The van der Waals surface area contributed by atoms with E-state index in [1.54, 1.807) is 12.1 Å². The van der Waals surface area contributed by atoms with Crippen molar-refractivity contribution >= 4 is 129 Å². The van der Waals surface area contributed by atoms with Crippen molar-refractivity contribution in [2.24, 2.45) is 0 Å². The maximum Gasteiger partial charge on any atom is 2.00 e. The van der Waals surface area contributed by atoms with Crippen molar-refractivity contribution in [2.75, 3.05) is 13.1 Å². The average molecular weight is 1890 g/mol. The van der Waals surface area contributed by atoms with Crippen LogP contribution >= 0.6 is 47.6 Å². The predicted octanol–water partition coefficient (Wildman–Crippen LogP) is 21.6. The molecule has 0 unspecified atom stereocenters. The van der Waals surface area contributed by atoms with Gasteiger partial charge in [-0.25, -0.2) is 14.4 Å². The molecule has 2 amide bonds. The summed E-state index contributed by atoms with van der Waals surface area (Å²) in [4.78, 5) is 26.4. The molecule has 16 rings (SSSR count). The largest absolute Gasteiger partial charge is 2.00 e. The molecule has 16 heteroatoms. The van der Waals surface area contributed by atoms with Crippen LogP contribution in [0.25, 0.3) is 4.85 Å². The first-order valence-corrected chi connectivity index (χ1v) is 45.3. The van der Waals surface area contributed by atoms with Gasteiger partial charge in [0, 0.05) is 38.0 Å². The Balaban J connectivity index is 0.000000201. The fourth-order valence-electron chi connectivity index (χ4n) is 12.3. The van der Waals surface area contributed by atoms with E-state index in [1.807, 2.05) is 97.1 Å². The van der Waals surface area contributed by atoms with E-state index in [4.69, 9.17) is 39.7 Å². The molecular formula is C107H92BrN5O4P4PdZn. The molecule has 0 bridgehead atoms. The molecule has 0 saturated carbocycles. The van der Waals surface area contributed by atoms with Gasteiger partial charge in [0.05, 0.1) is 6.57 Å². The number of nitrogens with one attached hydrogen (secondary N) is 2. The van der Waals surface area contributed by atoms with E-state index in [9.17, 15) is 9.59 Å². The van der Waals surface area contributed by atoms with E-state index < -0.39 is 37.8 Å². The van der Waals surface area contributed by atoms with E-state index in [0.717, 1.165) is 27.6 Å². The van der Waals surface area contributed by atoms with Gasteiger partial charge < -0.3 is 43.8 Å². The van der Waals surface area contributed by atoms with Crippen molar-refractivity contribution in [1.82, 2.24) is 10.6 Å². The number of carbonyl (C=O) groups excluding carboxylic acids is 2. The first-order valence-electron chi connectivity index (χ1n) is 39.2. The molecule has 0 saturated heterocycles. The number of ether oxygens (including phenoxy) is 2. The van der Waals surface area contributed by atoms with Gasteiger partial charge in [0.15, 0.2) is 5.69 Å². The van der Waals surface area contributed by atoms with Gasteiger partial charge in [0.25, 0.3) is 0 Å². The number of alkyl carbamates (subject to hydrolysis) is 2. The molecule has 16 aromatic rings. The molecule has 16 aromatic carbocycles. The smallest absolute Gasteiger partial charge is 0.512 e. The third-order valence-corrected chi connectivity index (χ3v) is 28.2. The molecule has 0 atom stereocenters. The first kappa shape index (κ1) is 98.1. The molecule has 0 aliphatic heterocycles. The molecule has 608 valence electrons. The van der Waals surface area contributed by atoms with Crippen LogP contribution in [-0.4, -0.2) is 25.3 Å². The molecular weight excluding hydrogens is 1790 g/mol. The number of amides is 2. The fourth-order valence-corrected chi connectivity index (χ4v) is 21.8. The van der Waals surface area contributed by atoms with Crippen LogP contribution in [0.15, 0.2) is 478 Å². The van der Waals surface area contributed by atoms with Crippen molar-refractivity contribution in [2.45, 2.75) is 26.1 Å². The minimum atomic E-state index is -0.446. The summed E-state index contributed by atoms with van der Waals surface area (Å²) < 4.78 is 11.3. The van der Waals surface area contributed by atoms with Crippen LogP contribution in [0.2, 0.25) is 0 Å². The summed E-state index contributed by atoms with van der Waals surface area (Å²) in [5.41, 5.74) is 4.81. The Morgan fingerprint density at radius 1 is 0.260 bits per heavy atom. The minimum Gasteiger partial charge on any atom is -0.512 e. The number of hydrogen-bond acceptors (Lipinski definition) is 6. The van der Waals surface area contributed by atoms with E-state index in [2.05, 4.69) is 395 Å². The third-order valence-electron chi connectivity index (χ3n) is 17.9. The van der Waals surface area contributed by atoms with Crippen LogP contribution in [0.5, 0.6) is 0 Å². The second-order valence-corrected chi connectivity index (χ2v) is 36.0. The van der Waals surface area contributed by atoms with Gasteiger partial charge in [-0.05, 0) is 143 Å². The van der Waals surface area contributed by atoms with Gasteiger partial charge in [-0.15, -0.1) is 0 Å². The Morgan fingerprint density at radius 2 is 0.423 bits per heavy atom. The zero-order valence-electron chi connectivity index (χ0n) is 67.9. The fraction of sp³-hybridized carbons (Fsp3) is 0.0561. The number of hydrogen-bond donors (Lipinski definition) is 2. The van der Waals surface area contributed by atoms with Gasteiger partial charge >= 0.3 is 31.7 Å². The van der Waals surface area contributed by atoms with Gasteiger partial charge in [0.1, 0.15) is 13.2 Å². The Bertz CT molecular complexity index is 4710. The summed E-state index contributed by atoms with van der Waals surface area (Å²) in [5.74, 6) is 0. The van der Waals surface area contributed by atoms with Crippen LogP contribution in [-0.2, 0) is 75.4 Å². The standard InChI is InChI=1S/4C18H15P.C17H16N2O2.C16H16BrNO2.2CN.Pd.Zn/c4*1-4-10-16(11-5-1)19(17-12-6-2-7-13-17)18-14-8-3-9-15-18;1-18-16-9-7-14(8-10-16)11-12-19-17(20)21-13-15-5-3-2-4-6-15;17-15-8-6-13(7-9-15)10-11-18-16(19)20-12-14-4-2-1-3-5-14;2*1-2;;/h4*1-15H;2-10H,11-13H2,(H,19,20);1-9H,10-12H2,(H,18,19);;;;/q;;;;;;2*-1;;+2. The quantitative estimate of drug-likeness (QED) is 0.0395. The van der Waals surface area contributed by atoms with Crippen LogP contribution in [0.1, 0.15) is 22.3 Å². The Labute approximate surface area is 766 Å². The molecule has 9 nitrogen and oxygen atoms in total. The maximum atomic E-state index is 11.5. The third kappa shape index (κ3) is 34.8. The van der Waals surface area contributed by atoms with Crippen LogP contribution < -0.4 is 74.3 Å². The topological polar surface area (TPSA) is 129 Å². The summed E-state index contributed by atoms with van der Waals surface area (Å²) >= 11 is 3.39. The molecule has 0 aromatic heterocycles. The predicted molar refractivity (Wildman–Crippen MR) is 514 cm³/mol. The zero-order chi connectivity index (χ0) is 84.8. The summed E-state index contributed by atoms with van der Waals surface area (Å²) in [6.07, 6.45) is 0.689. The maximum absolute atomic E-state index is 11.5. The Kier molecular flexibility index (Phi) is 47.0. The molecule has 123 heavy (non-hydrogen) atoms. The van der Waals surface area contributed by atoms with E-state index >= 15 is 0 Å². The Hall–Kier alpha value is -12.0. The van der Waals surface area contributed by atoms with Crippen molar-refractivity contribution < 1.29 is 59.0 Å². The van der Waals surface area contributed by atoms with E-state index in [1.165, 1.54) is 69.2 Å². The number of nitrogens with zero attached hydrogens (tertiary/aromatic N) is 3. The summed E-state index contributed by atoms with van der Waals surface area (Å²) in [6.45, 7) is 18.0. The molecule has 0 aliphatic carbocycles. The van der Waals surface area contributed by atoms with Crippen LogP contribution in [0, 0.1) is 30.2 Å². The van der Waals surface area contributed by atoms with Crippen molar-refractivity contribution in [3.8, 4) is 0 Å². The summed E-state index contributed by atoms with van der Waals surface area (Å²) in [5, 5.41) is 34.7. The van der Waals surface area contributed by atoms with Crippen LogP contribution in [0.4, 0.5) is 15.3 Å². The van der Waals surface area contributed by atoms with Gasteiger partial charge in [-0.3, -0.25) is 0 Å². The molecule has 0 fully saturated rings. The van der Waals surface area contributed by atoms with Crippen molar-refractivity contribution in [3.05, 3.63) is 524 Å². The van der Waals surface area contributed by atoms with Crippen molar-refractivity contribution in [3.63, 3.8) is 0 Å². The molecule has 0 spiro atoms. The average Bonchev–Trinajstić information content (AvgIpc) is 0.835. The number of halogens is 1. The molecule has 2 N–H and O–H groups in total. The Morgan fingerprint density at radius 3 is 0.593 bits per heavy atom. The second-order valence-electron chi connectivity index (χ2n) is 26.2. The molecule has 0 aliphatic rings. The minimum absolute atomic E-state index is 0. The molecule has 0 heterocycles. The van der Waals surface area contributed by atoms with E-state index in [-0.39, 0.29) is 52.6 Å². The summed E-state index contributed by atoms with van der Waals surface area (Å²) in [7, 11) is -1.78. The van der Waals surface area contributed by atoms with Gasteiger partial charge in [0.2, 0.25) is 0 Å². The SMILES string of the molecule is O=C(NCCc1ccc(Br)cc1)OCc1ccccc1.[C-]#N.[C-]#N.[C-]#[N+]c1ccc(CCNC(=O)OCc2ccccc2)cc1.[Pd].[Zn+2].c1ccc(P(c2ccccc2)c2ccccc2)cc1.c1ccc(P(c2ccccc2)c2ccccc2)cc1.c1ccc(P(c2ccccc2)c2ccccc2)cc1.c1ccc(P(c2ccccc2)c2ccccc2)cc1. The molecule has 0 radical (unpaired) electrons. The van der Waals surface area contributed by atoms with Gasteiger partial charge in [-0.2, -0.15) is 0 Å². The van der Waals surface area contributed by atoms with Crippen molar-refractivity contribution in [1.29, 1.82) is 10.5 Å². The van der Waals surface area contributed by atoms with Crippen LogP contribution in [0.3, 0.4) is 0 Å². The monoisotopic (exact) mass is 1880 g/mol. The number of rotatable bonds is 22. The number of carbonyl (C=O) groups is 2. The second kappa shape index (κ2) is 58.9. The number of benzene rings is 16.